The van der Waals surface area contributed by atoms with E-state index in [-0.39, 0.29) is 38.3 Å². The molecular weight excluding hydrogens is 484 g/mol. The lowest BCUT2D eigenvalue weighted by Crippen LogP contribution is -2.31. The van der Waals surface area contributed by atoms with Crippen molar-refractivity contribution in [3.63, 3.8) is 0 Å². The fourth-order valence-electron chi connectivity index (χ4n) is 3.01. The highest BCUT2D eigenvalue weighted by atomic mass is 16.5. The monoisotopic (exact) mass is 506 g/mol. The summed E-state index contributed by atoms with van der Waals surface area (Å²) in [6.45, 7) is 2.22. The maximum Gasteiger partial charge on any atom is 0.335 e. The molecule has 190 valence electrons. The Labute approximate surface area is 210 Å². The van der Waals surface area contributed by atoms with E-state index in [9.17, 15) is 29.9 Å². The summed E-state index contributed by atoms with van der Waals surface area (Å²) in [5.74, 6) is -2.64. The maximum absolute atomic E-state index is 11.6. The predicted molar refractivity (Wildman–Crippen MR) is 129 cm³/mol. The lowest BCUT2D eigenvalue weighted by Gasteiger charge is -2.15. The summed E-state index contributed by atoms with van der Waals surface area (Å²) in [6.07, 6.45) is 0. The zero-order valence-corrected chi connectivity index (χ0v) is 19.6. The number of ether oxygens (including phenoxy) is 2. The first-order valence-corrected chi connectivity index (χ1v) is 10.6. The Morgan fingerprint density at radius 3 is 1.27 bits per heavy atom. The Hall–Kier alpha value is -5.07. The van der Waals surface area contributed by atoms with Crippen molar-refractivity contribution in [1.29, 1.82) is 10.8 Å². The number of amides is 2. The quantitative estimate of drug-likeness (QED) is 0.137. The first-order chi connectivity index (χ1) is 17.5. The van der Waals surface area contributed by atoms with Crippen molar-refractivity contribution >= 4 is 29.5 Å². The van der Waals surface area contributed by atoms with Crippen LogP contribution in [0.15, 0.2) is 66.7 Å². The topological polar surface area (TPSA) is 185 Å². The molecule has 3 rings (SSSR count). The highest BCUT2D eigenvalue weighted by Gasteiger charge is 2.16. The number of hydrogen-bond donors (Lipinski definition) is 5. The van der Waals surface area contributed by atoms with E-state index in [4.69, 9.17) is 20.3 Å². The number of rotatable bonds is 7. The van der Waals surface area contributed by atoms with Gasteiger partial charge in [0.1, 0.15) is 23.0 Å². The van der Waals surface area contributed by atoms with Gasteiger partial charge in [0.15, 0.2) is 11.7 Å². The molecular formula is C25H22N4O8. The molecule has 0 aliphatic rings. The average Bonchev–Trinajstić information content (AvgIpc) is 2.87. The Balaban J connectivity index is 1.80. The number of benzene rings is 3. The molecule has 3 aromatic rings. The van der Waals surface area contributed by atoms with Crippen LogP contribution in [0.25, 0.3) is 0 Å². The van der Waals surface area contributed by atoms with Gasteiger partial charge in [-0.25, -0.2) is 4.79 Å². The van der Waals surface area contributed by atoms with E-state index in [0.29, 0.717) is 11.5 Å². The third-order valence-corrected chi connectivity index (χ3v) is 4.87. The molecule has 0 fully saturated rings. The molecule has 0 bridgehead atoms. The average molecular weight is 506 g/mol. The van der Waals surface area contributed by atoms with Gasteiger partial charge in [-0.2, -0.15) is 10.1 Å². The van der Waals surface area contributed by atoms with Crippen LogP contribution in [0.1, 0.15) is 35.3 Å². The number of carbonyl (C=O) groups excluding carboxylic acids is 2. The van der Waals surface area contributed by atoms with Crippen LogP contribution in [0, 0.1) is 10.8 Å². The fraction of sp³-hybridized carbons (Fsp3) is 0.0800. The van der Waals surface area contributed by atoms with Crippen LogP contribution >= 0.6 is 0 Å². The van der Waals surface area contributed by atoms with Crippen LogP contribution in [-0.4, -0.2) is 55.1 Å². The van der Waals surface area contributed by atoms with Crippen molar-refractivity contribution < 1.29 is 39.4 Å². The second-order valence-corrected chi connectivity index (χ2v) is 7.61. The number of amidine groups is 2. The molecule has 12 heteroatoms. The number of nitrogens with zero attached hydrogens (tertiary/aromatic N) is 2. The van der Waals surface area contributed by atoms with Gasteiger partial charge in [-0.15, -0.1) is 0 Å². The summed E-state index contributed by atoms with van der Waals surface area (Å²) in [7, 11) is 0. The van der Waals surface area contributed by atoms with Gasteiger partial charge >= 0.3 is 5.97 Å². The highest BCUT2D eigenvalue weighted by molar-refractivity contribution is 6.05. The minimum Gasteiger partial charge on any atom is -0.478 e. The third kappa shape index (κ3) is 6.54. The number of aromatic carboxylic acids is 1. The zero-order valence-electron chi connectivity index (χ0n) is 19.6. The summed E-state index contributed by atoms with van der Waals surface area (Å²) in [6, 6.07) is 15.7. The molecule has 0 saturated heterocycles. The van der Waals surface area contributed by atoms with Crippen molar-refractivity contribution in [2.45, 2.75) is 13.8 Å². The highest BCUT2D eigenvalue weighted by Crippen LogP contribution is 2.31. The minimum atomic E-state index is -1.22. The zero-order chi connectivity index (χ0) is 27.3. The number of carboxylic acid groups (broad SMARTS) is 1. The van der Waals surface area contributed by atoms with Crippen molar-refractivity contribution in [3.05, 3.63) is 83.4 Å². The van der Waals surface area contributed by atoms with E-state index in [2.05, 4.69) is 0 Å². The second kappa shape index (κ2) is 11.1. The van der Waals surface area contributed by atoms with Crippen molar-refractivity contribution in [1.82, 2.24) is 10.1 Å². The van der Waals surface area contributed by atoms with Crippen LogP contribution in [0.2, 0.25) is 0 Å². The molecule has 2 amide bonds. The van der Waals surface area contributed by atoms with Gasteiger partial charge in [0.25, 0.3) is 0 Å². The van der Waals surface area contributed by atoms with Crippen LogP contribution in [0.5, 0.6) is 23.0 Å². The summed E-state index contributed by atoms with van der Waals surface area (Å²) in [5, 5.41) is 44.8. The number of hydrogen-bond acceptors (Lipinski definition) is 9. The Kier molecular flexibility index (Phi) is 7.97. The molecule has 37 heavy (non-hydrogen) atoms. The molecule has 0 heterocycles. The van der Waals surface area contributed by atoms with Crippen LogP contribution < -0.4 is 9.47 Å². The van der Waals surface area contributed by atoms with Gasteiger partial charge in [-0.3, -0.25) is 30.8 Å². The lowest BCUT2D eigenvalue weighted by molar-refractivity contribution is -0.147. The lowest BCUT2D eigenvalue weighted by atomic mass is 10.1. The normalized spacial score (nSPS) is 10.3. The van der Waals surface area contributed by atoms with Gasteiger partial charge in [-0.05, 0) is 60.7 Å². The molecule has 0 aliphatic carbocycles. The smallest absolute Gasteiger partial charge is 0.335 e. The van der Waals surface area contributed by atoms with E-state index >= 15 is 0 Å². The van der Waals surface area contributed by atoms with Crippen molar-refractivity contribution in [2.24, 2.45) is 0 Å². The number of carbonyl (C=O) groups is 3. The molecule has 0 aliphatic heterocycles. The fourth-order valence-corrected chi connectivity index (χ4v) is 3.01. The summed E-state index contributed by atoms with van der Waals surface area (Å²) in [5.41, 5.74) is 0.383. The van der Waals surface area contributed by atoms with Crippen LogP contribution in [-0.2, 0) is 9.59 Å². The molecule has 3 aromatic carbocycles. The Bertz CT molecular complexity index is 1270. The largest absolute Gasteiger partial charge is 0.478 e. The van der Waals surface area contributed by atoms with Gasteiger partial charge in [0.05, 0.1) is 5.56 Å². The number of nitrogens with one attached hydrogen (secondary N) is 2. The van der Waals surface area contributed by atoms with Gasteiger partial charge in [0.2, 0.25) is 11.8 Å². The molecule has 5 N–H and O–H groups in total. The predicted octanol–water partition coefficient (Wildman–Crippen LogP) is 4.10. The molecule has 0 spiro atoms. The molecule has 0 atom stereocenters. The van der Waals surface area contributed by atoms with E-state index in [0.717, 1.165) is 13.8 Å². The minimum absolute atomic E-state index is 0.112. The molecule has 0 unspecified atom stereocenters. The van der Waals surface area contributed by atoms with Crippen molar-refractivity contribution in [2.75, 3.05) is 0 Å². The summed E-state index contributed by atoms with van der Waals surface area (Å²) in [4.78, 5) is 34.1. The van der Waals surface area contributed by atoms with Crippen LogP contribution in [0.3, 0.4) is 0 Å². The van der Waals surface area contributed by atoms with Gasteiger partial charge in [0, 0.05) is 31.0 Å². The van der Waals surface area contributed by atoms with E-state index in [1.807, 2.05) is 0 Å². The molecule has 0 radical (unpaired) electrons. The first-order valence-electron chi connectivity index (χ1n) is 10.6. The van der Waals surface area contributed by atoms with E-state index < -0.39 is 29.5 Å². The molecule has 12 nitrogen and oxygen atoms in total. The molecule has 0 aromatic heterocycles. The summed E-state index contributed by atoms with van der Waals surface area (Å²) < 4.78 is 11.5. The van der Waals surface area contributed by atoms with E-state index in [1.54, 1.807) is 0 Å². The maximum atomic E-state index is 11.6. The van der Waals surface area contributed by atoms with Gasteiger partial charge in [-0.1, -0.05) is 0 Å². The van der Waals surface area contributed by atoms with Gasteiger partial charge < -0.3 is 14.6 Å². The second-order valence-electron chi connectivity index (χ2n) is 7.61. The van der Waals surface area contributed by atoms with E-state index in [1.165, 1.54) is 66.7 Å². The number of carboxylic acids is 1. The third-order valence-electron chi connectivity index (χ3n) is 4.87. The Morgan fingerprint density at radius 1 is 0.622 bits per heavy atom. The van der Waals surface area contributed by atoms with Crippen molar-refractivity contribution in [3.8, 4) is 23.0 Å². The standard InChI is InChI=1S/C25H22N4O8/c1-14(30)28(34)23(26)16-3-7-19(8-4-16)36-21-11-18(25(32)33)12-22(13-21)37-20-9-5-17(6-10-20)24(27)29(35)15(2)31/h3-13,26-27,34-35H,1-2H3,(H,32,33). The summed E-state index contributed by atoms with van der Waals surface area (Å²) >= 11 is 0. The first kappa shape index (κ1) is 26.5. The Morgan fingerprint density at radius 2 is 0.973 bits per heavy atom. The number of hydroxylamine groups is 4. The van der Waals surface area contributed by atoms with Crippen LogP contribution in [0.4, 0.5) is 0 Å². The SMILES string of the molecule is CC(=O)N(O)C(=N)c1ccc(Oc2cc(Oc3ccc(C(=N)N(O)C(C)=O)cc3)cc(C(=O)O)c2)cc1. The molecule has 0 saturated carbocycles.